The number of benzene rings is 1. The van der Waals surface area contributed by atoms with E-state index >= 15 is 0 Å². The minimum absolute atomic E-state index is 0.263. The molecule has 0 bridgehead atoms. The van der Waals surface area contributed by atoms with E-state index in [1.807, 2.05) is 24.4 Å². The smallest absolute Gasteiger partial charge is 0.418 e. The highest BCUT2D eigenvalue weighted by molar-refractivity contribution is 5.91. The summed E-state index contributed by atoms with van der Waals surface area (Å²) in [5.74, 6) is 0. The van der Waals surface area contributed by atoms with E-state index in [9.17, 15) is 4.79 Å². The molecule has 1 saturated heterocycles. The minimum Gasteiger partial charge on any atom is -0.448 e. The molecule has 2 aliphatic rings. The zero-order valence-electron chi connectivity index (χ0n) is 15.9. The molecule has 26 heavy (non-hydrogen) atoms. The van der Waals surface area contributed by atoms with Gasteiger partial charge in [-0.2, -0.15) is 0 Å². The van der Waals surface area contributed by atoms with Crippen LogP contribution in [-0.2, 0) is 11.2 Å². The van der Waals surface area contributed by atoms with E-state index in [4.69, 9.17) is 4.74 Å². The van der Waals surface area contributed by atoms with Crippen molar-refractivity contribution >= 4 is 17.0 Å². The van der Waals surface area contributed by atoms with Crippen molar-refractivity contribution in [2.45, 2.75) is 37.6 Å². The van der Waals surface area contributed by atoms with Gasteiger partial charge < -0.3 is 9.64 Å². The van der Waals surface area contributed by atoms with Crippen LogP contribution in [-0.4, -0.2) is 66.3 Å². The van der Waals surface area contributed by atoms with Gasteiger partial charge in [-0.05, 0) is 57.8 Å². The summed E-state index contributed by atoms with van der Waals surface area (Å²) in [6, 6.07) is 8.08. The number of likely N-dealkylation sites (tertiary alicyclic amines) is 1. The van der Waals surface area contributed by atoms with Crippen LogP contribution in [0.1, 0.15) is 31.2 Å². The van der Waals surface area contributed by atoms with Crippen molar-refractivity contribution in [3.63, 3.8) is 0 Å². The number of ether oxygens (including phenoxy) is 1. The monoisotopic (exact) mass is 355 g/mol. The van der Waals surface area contributed by atoms with Crippen LogP contribution in [0.2, 0.25) is 0 Å². The molecular weight excluding hydrogens is 326 g/mol. The summed E-state index contributed by atoms with van der Waals surface area (Å²) in [6.45, 7) is 3.44. The lowest BCUT2D eigenvalue weighted by atomic mass is 9.68. The lowest BCUT2D eigenvalue weighted by Gasteiger charge is -2.58. The topological polar surface area (TPSA) is 37.7 Å². The highest BCUT2D eigenvalue weighted by Gasteiger charge is 2.48. The lowest BCUT2D eigenvalue weighted by Crippen LogP contribution is -2.64. The van der Waals surface area contributed by atoms with Crippen molar-refractivity contribution in [1.82, 2.24) is 14.4 Å². The Morgan fingerprint density at radius 3 is 2.69 bits per heavy atom. The first-order valence-corrected chi connectivity index (χ1v) is 9.75. The second-order valence-electron chi connectivity index (χ2n) is 8.02. The van der Waals surface area contributed by atoms with Gasteiger partial charge in [0.15, 0.2) is 0 Å². The van der Waals surface area contributed by atoms with Crippen LogP contribution in [0.4, 0.5) is 4.79 Å². The van der Waals surface area contributed by atoms with Crippen molar-refractivity contribution in [1.29, 1.82) is 0 Å². The lowest BCUT2D eigenvalue weighted by molar-refractivity contribution is -0.0794. The molecule has 0 atom stereocenters. The van der Waals surface area contributed by atoms with Gasteiger partial charge in [-0.1, -0.05) is 18.2 Å². The van der Waals surface area contributed by atoms with Gasteiger partial charge in [-0.15, -0.1) is 0 Å². The van der Waals surface area contributed by atoms with E-state index in [-0.39, 0.29) is 6.09 Å². The Morgan fingerprint density at radius 1 is 1.23 bits per heavy atom. The van der Waals surface area contributed by atoms with Gasteiger partial charge in [0, 0.05) is 36.8 Å². The number of rotatable bonds is 6. The van der Waals surface area contributed by atoms with Gasteiger partial charge in [-0.3, -0.25) is 9.47 Å². The molecule has 2 aromatic rings. The maximum Gasteiger partial charge on any atom is 0.418 e. The Labute approximate surface area is 155 Å². The van der Waals surface area contributed by atoms with Crippen LogP contribution in [0.15, 0.2) is 30.5 Å². The summed E-state index contributed by atoms with van der Waals surface area (Å²) in [4.78, 5) is 17.3. The predicted octanol–water partition coefficient (Wildman–Crippen LogP) is 3.36. The number of carbonyl (C=O) groups is 1. The second-order valence-corrected chi connectivity index (χ2v) is 8.02. The molecule has 0 unspecified atom stereocenters. The van der Waals surface area contributed by atoms with Crippen molar-refractivity contribution < 1.29 is 9.53 Å². The summed E-state index contributed by atoms with van der Waals surface area (Å²) < 4.78 is 7.29. The predicted molar refractivity (Wildman–Crippen MR) is 104 cm³/mol. The van der Waals surface area contributed by atoms with Crippen LogP contribution in [0.25, 0.3) is 10.9 Å². The highest BCUT2D eigenvalue weighted by Crippen LogP contribution is 2.46. The highest BCUT2D eigenvalue weighted by atomic mass is 16.5. The largest absolute Gasteiger partial charge is 0.448 e. The van der Waals surface area contributed by atoms with Gasteiger partial charge in [0.25, 0.3) is 0 Å². The molecule has 0 N–H and O–H groups in total. The number of nitrogens with zero attached hydrogens (tertiary/aromatic N) is 3. The number of fused-ring (bicyclic) bond motifs is 1. The zero-order valence-corrected chi connectivity index (χ0v) is 15.9. The fourth-order valence-corrected chi connectivity index (χ4v) is 4.34. The first kappa shape index (κ1) is 17.6. The van der Waals surface area contributed by atoms with E-state index in [2.05, 4.69) is 30.0 Å². The summed E-state index contributed by atoms with van der Waals surface area (Å²) in [5.41, 5.74) is 2.60. The third kappa shape index (κ3) is 3.14. The quantitative estimate of drug-likeness (QED) is 0.796. The Bertz CT molecular complexity index is 786. The SMILES string of the molecule is CN(C)CCc1cn(C(=O)OCCN2CCC23CCC3)c2ccccc12. The number of hydrogen-bond donors (Lipinski definition) is 0. The molecule has 1 aromatic heterocycles. The fourth-order valence-electron chi connectivity index (χ4n) is 4.34. The van der Waals surface area contributed by atoms with Crippen LogP contribution in [0.3, 0.4) is 0 Å². The number of carbonyl (C=O) groups excluding carboxylic acids is 1. The van der Waals surface area contributed by atoms with Gasteiger partial charge in [0.1, 0.15) is 6.61 Å². The molecule has 1 aliphatic carbocycles. The average molecular weight is 355 g/mol. The van der Waals surface area contributed by atoms with Gasteiger partial charge in [0.2, 0.25) is 0 Å². The van der Waals surface area contributed by atoms with E-state index < -0.39 is 0 Å². The standard InChI is InChI=1S/C21H29N3O2/c1-22(2)12-8-17-16-24(19-7-4-3-6-18(17)19)20(25)26-15-14-23-13-11-21(23)9-5-10-21/h3-4,6-7,16H,5,8-15H2,1-2H3. The summed E-state index contributed by atoms with van der Waals surface area (Å²) in [6.07, 6.45) is 7.91. The summed E-state index contributed by atoms with van der Waals surface area (Å²) in [5, 5.41) is 1.14. The van der Waals surface area contributed by atoms with Crippen molar-refractivity contribution in [2.75, 3.05) is 40.3 Å². The maximum absolute atomic E-state index is 12.7. The number of hydrogen-bond acceptors (Lipinski definition) is 4. The third-order valence-corrected chi connectivity index (χ3v) is 6.21. The summed E-state index contributed by atoms with van der Waals surface area (Å²) >= 11 is 0. The Hall–Kier alpha value is -1.85. The third-order valence-electron chi connectivity index (χ3n) is 6.21. The molecule has 4 rings (SSSR count). The number of para-hydroxylation sites is 1. The van der Waals surface area contributed by atoms with Gasteiger partial charge in [-0.25, -0.2) is 4.79 Å². The first-order valence-electron chi connectivity index (χ1n) is 9.75. The number of likely N-dealkylation sites (N-methyl/N-ethyl adjacent to an activating group) is 1. The van der Waals surface area contributed by atoms with Gasteiger partial charge in [0.05, 0.1) is 5.52 Å². The first-order chi connectivity index (χ1) is 12.6. The Kier molecular flexibility index (Phi) is 4.76. The van der Waals surface area contributed by atoms with Crippen molar-refractivity contribution in [3.8, 4) is 0 Å². The van der Waals surface area contributed by atoms with Crippen LogP contribution in [0.5, 0.6) is 0 Å². The molecular formula is C21H29N3O2. The van der Waals surface area contributed by atoms with Gasteiger partial charge >= 0.3 is 6.09 Å². The molecule has 2 fully saturated rings. The van der Waals surface area contributed by atoms with E-state index in [0.717, 1.165) is 37.0 Å². The molecule has 1 saturated carbocycles. The van der Waals surface area contributed by atoms with E-state index in [1.165, 1.54) is 31.2 Å². The zero-order chi connectivity index (χ0) is 18.1. The summed E-state index contributed by atoms with van der Waals surface area (Å²) in [7, 11) is 4.14. The van der Waals surface area contributed by atoms with E-state index in [0.29, 0.717) is 12.1 Å². The minimum atomic E-state index is -0.263. The molecule has 5 nitrogen and oxygen atoms in total. The molecule has 0 amide bonds. The van der Waals surface area contributed by atoms with Crippen molar-refractivity contribution in [3.05, 3.63) is 36.0 Å². The molecule has 1 aromatic carbocycles. The molecule has 0 radical (unpaired) electrons. The van der Waals surface area contributed by atoms with Crippen LogP contribution < -0.4 is 0 Å². The van der Waals surface area contributed by atoms with E-state index in [1.54, 1.807) is 4.57 Å². The van der Waals surface area contributed by atoms with Crippen LogP contribution in [0, 0.1) is 0 Å². The van der Waals surface area contributed by atoms with Crippen molar-refractivity contribution in [2.24, 2.45) is 0 Å². The molecule has 1 spiro atoms. The number of aromatic nitrogens is 1. The maximum atomic E-state index is 12.7. The average Bonchev–Trinajstić information content (AvgIpc) is 2.93. The fraction of sp³-hybridized carbons (Fsp3) is 0.571. The van der Waals surface area contributed by atoms with Crippen LogP contribution >= 0.6 is 0 Å². The molecule has 1 aliphatic heterocycles. The second kappa shape index (κ2) is 7.05. The Balaban J connectivity index is 1.41. The normalized spacial score (nSPS) is 18.9. The molecule has 5 heteroatoms. The molecule has 2 heterocycles. The molecule has 140 valence electrons. The Morgan fingerprint density at radius 2 is 2.04 bits per heavy atom.